The lowest BCUT2D eigenvalue weighted by Crippen LogP contribution is -2.35. The van der Waals surface area contributed by atoms with Gasteiger partial charge < -0.3 is 10.1 Å². The number of rotatable bonds is 5. The van der Waals surface area contributed by atoms with Gasteiger partial charge in [-0.15, -0.1) is 0 Å². The highest BCUT2D eigenvalue weighted by molar-refractivity contribution is 7.99. The van der Waals surface area contributed by atoms with Gasteiger partial charge in [0, 0.05) is 24.9 Å². The van der Waals surface area contributed by atoms with Gasteiger partial charge in [-0.25, -0.2) is 0 Å². The largest absolute Gasteiger partial charge is 0.380 e. The molecule has 1 aliphatic rings. The number of thioether (sulfide) groups is 1. The van der Waals surface area contributed by atoms with Crippen LogP contribution in [-0.4, -0.2) is 37.3 Å². The Bertz CT molecular complexity index is 105. The van der Waals surface area contributed by atoms with E-state index in [1.165, 1.54) is 24.3 Å². The van der Waals surface area contributed by atoms with E-state index in [1.54, 1.807) is 0 Å². The highest BCUT2D eigenvalue weighted by atomic mass is 32.2. The van der Waals surface area contributed by atoms with Crippen LogP contribution in [-0.2, 0) is 4.74 Å². The van der Waals surface area contributed by atoms with E-state index in [0.29, 0.717) is 0 Å². The monoisotopic (exact) mass is 189 g/mol. The lowest BCUT2D eigenvalue weighted by atomic mass is 10.2. The molecule has 72 valence electrons. The summed E-state index contributed by atoms with van der Waals surface area (Å²) in [4.78, 5) is 0. The minimum atomic E-state index is 0.740. The van der Waals surface area contributed by atoms with Crippen LogP contribution in [0.1, 0.15) is 19.8 Å². The second-order valence-corrected chi connectivity index (χ2v) is 4.21. The Labute approximate surface area is 79.4 Å². The van der Waals surface area contributed by atoms with Crippen LogP contribution in [0.15, 0.2) is 0 Å². The van der Waals surface area contributed by atoms with Gasteiger partial charge >= 0.3 is 0 Å². The molecular formula is C9H19NOS. The van der Waals surface area contributed by atoms with Crippen LogP contribution in [0.2, 0.25) is 0 Å². The summed E-state index contributed by atoms with van der Waals surface area (Å²) >= 11 is 2.06. The lowest BCUT2D eigenvalue weighted by Gasteiger charge is -2.22. The summed E-state index contributed by atoms with van der Waals surface area (Å²) < 4.78 is 5.26. The molecule has 1 rings (SSSR count). The lowest BCUT2D eigenvalue weighted by molar-refractivity contribution is 0.147. The fraction of sp³-hybridized carbons (Fsp3) is 1.00. The molecule has 0 aromatic carbocycles. The summed E-state index contributed by atoms with van der Waals surface area (Å²) in [6, 6.07) is 0.740. The van der Waals surface area contributed by atoms with Crippen LogP contribution < -0.4 is 5.32 Å². The third-order valence-electron chi connectivity index (χ3n) is 2.04. The van der Waals surface area contributed by atoms with Crippen LogP contribution in [0.3, 0.4) is 0 Å². The average molecular weight is 189 g/mol. The Morgan fingerprint density at radius 3 is 3.17 bits per heavy atom. The molecule has 0 bridgehead atoms. The fourth-order valence-electron chi connectivity index (χ4n) is 1.38. The normalized spacial score (nSPS) is 24.2. The molecule has 1 fully saturated rings. The van der Waals surface area contributed by atoms with E-state index in [0.717, 1.165) is 25.8 Å². The Balaban J connectivity index is 1.91. The van der Waals surface area contributed by atoms with E-state index in [4.69, 9.17) is 4.74 Å². The maximum atomic E-state index is 5.26. The molecule has 0 amide bonds. The third-order valence-corrected chi connectivity index (χ3v) is 3.26. The zero-order chi connectivity index (χ0) is 8.65. The molecule has 1 aliphatic heterocycles. The first-order valence-electron chi connectivity index (χ1n) is 4.82. The van der Waals surface area contributed by atoms with Gasteiger partial charge in [-0.3, -0.25) is 0 Å². The molecule has 1 N–H and O–H groups in total. The van der Waals surface area contributed by atoms with Crippen LogP contribution >= 0.6 is 11.8 Å². The molecule has 1 atom stereocenters. The molecule has 0 saturated carbocycles. The first-order chi connectivity index (χ1) is 5.93. The second kappa shape index (κ2) is 6.75. The summed E-state index contributed by atoms with van der Waals surface area (Å²) in [6.07, 6.45) is 2.72. The predicted octanol–water partition coefficient (Wildman–Crippen LogP) is 1.51. The number of hydrogen-bond acceptors (Lipinski definition) is 3. The van der Waals surface area contributed by atoms with E-state index in [-0.39, 0.29) is 0 Å². The zero-order valence-electron chi connectivity index (χ0n) is 7.84. The molecule has 12 heavy (non-hydrogen) atoms. The van der Waals surface area contributed by atoms with Crippen molar-refractivity contribution in [2.45, 2.75) is 25.8 Å². The average Bonchev–Trinajstić information content (AvgIpc) is 2.14. The van der Waals surface area contributed by atoms with Gasteiger partial charge in [-0.2, -0.15) is 11.8 Å². The third kappa shape index (κ3) is 4.33. The van der Waals surface area contributed by atoms with Gasteiger partial charge in [-0.1, -0.05) is 0 Å². The SMILES string of the molecule is CCOCCNC1CCCSC1. The first-order valence-corrected chi connectivity index (χ1v) is 5.98. The van der Waals surface area contributed by atoms with Gasteiger partial charge in [0.05, 0.1) is 6.61 Å². The molecule has 1 unspecified atom stereocenters. The van der Waals surface area contributed by atoms with Crippen molar-refractivity contribution in [3.8, 4) is 0 Å². The molecule has 3 heteroatoms. The van der Waals surface area contributed by atoms with Gasteiger partial charge in [0.15, 0.2) is 0 Å². The van der Waals surface area contributed by atoms with Crippen molar-refractivity contribution < 1.29 is 4.74 Å². The van der Waals surface area contributed by atoms with Crippen LogP contribution in [0.25, 0.3) is 0 Å². The summed E-state index contributed by atoms with van der Waals surface area (Å²) in [5, 5.41) is 3.51. The molecule has 0 aromatic rings. The van der Waals surface area contributed by atoms with Crippen molar-refractivity contribution in [2.24, 2.45) is 0 Å². The summed E-state index contributed by atoms with van der Waals surface area (Å²) in [5.41, 5.74) is 0. The van der Waals surface area contributed by atoms with Crippen LogP contribution in [0, 0.1) is 0 Å². The summed E-state index contributed by atoms with van der Waals surface area (Å²) in [7, 11) is 0. The Kier molecular flexibility index (Phi) is 5.82. The van der Waals surface area contributed by atoms with Crippen molar-refractivity contribution in [2.75, 3.05) is 31.3 Å². The molecule has 0 aliphatic carbocycles. The van der Waals surface area contributed by atoms with Crippen molar-refractivity contribution in [1.82, 2.24) is 5.32 Å². The van der Waals surface area contributed by atoms with Gasteiger partial charge in [0.25, 0.3) is 0 Å². The number of ether oxygens (including phenoxy) is 1. The van der Waals surface area contributed by atoms with Gasteiger partial charge in [0.1, 0.15) is 0 Å². The molecule has 2 nitrogen and oxygen atoms in total. The molecule has 1 saturated heterocycles. The Morgan fingerprint density at radius 2 is 2.50 bits per heavy atom. The molecule has 0 radical (unpaired) electrons. The van der Waals surface area contributed by atoms with E-state index in [9.17, 15) is 0 Å². The minimum Gasteiger partial charge on any atom is -0.380 e. The van der Waals surface area contributed by atoms with Gasteiger partial charge in [0.2, 0.25) is 0 Å². The van der Waals surface area contributed by atoms with E-state index >= 15 is 0 Å². The maximum Gasteiger partial charge on any atom is 0.0590 e. The Morgan fingerprint density at radius 1 is 1.58 bits per heavy atom. The highest BCUT2D eigenvalue weighted by Crippen LogP contribution is 2.16. The minimum absolute atomic E-state index is 0.740. The Hall–Kier alpha value is 0.270. The van der Waals surface area contributed by atoms with Crippen molar-refractivity contribution in [3.63, 3.8) is 0 Å². The standard InChI is InChI=1S/C9H19NOS/c1-2-11-6-5-10-9-4-3-7-12-8-9/h9-10H,2-8H2,1H3. The van der Waals surface area contributed by atoms with Gasteiger partial charge in [-0.05, 0) is 25.5 Å². The van der Waals surface area contributed by atoms with E-state index in [2.05, 4.69) is 17.1 Å². The van der Waals surface area contributed by atoms with Crippen LogP contribution in [0.5, 0.6) is 0 Å². The predicted molar refractivity (Wildman–Crippen MR) is 54.8 cm³/mol. The smallest absolute Gasteiger partial charge is 0.0590 e. The molecular weight excluding hydrogens is 170 g/mol. The maximum absolute atomic E-state index is 5.26. The molecule has 0 spiro atoms. The van der Waals surface area contributed by atoms with E-state index < -0.39 is 0 Å². The van der Waals surface area contributed by atoms with Crippen molar-refractivity contribution in [3.05, 3.63) is 0 Å². The van der Waals surface area contributed by atoms with Crippen molar-refractivity contribution in [1.29, 1.82) is 0 Å². The van der Waals surface area contributed by atoms with Crippen molar-refractivity contribution >= 4 is 11.8 Å². The molecule has 1 heterocycles. The number of hydrogen-bond donors (Lipinski definition) is 1. The number of nitrogens with one attached hydrogen (secondary N) is 1. The van der Waals surface area contributed by atoms with E-state index in [1.807, 2.05) is 6.92 Å². The topological polar surface area (TPSA) is 21.3 Å². The summed E-state index contributed by atoms with van der Waals surface area (Å²) in [5.74, 6) is 2.63. The highest BCUT2D eigenvalue weighted by Gasteiger charge is 2.11. The summed E-state index contributed by atoms with van der Waals surface area (Å²) in [6.45, 7) is 4.74. The second-order valence-electron chi connectivity index (χ2n) is 3.07. The first kappa shape index (κ1) is 10.4. The van der Waals surface area contributed by atoms with Crippen LogP contribution in [0.4, 0.5) is 0 Å². The fourth-order valence-corrected chi connectivity index (χ4v) is 2.49. The zero-order valence-corrected chi connectivity index (χ0v) is 8.66. The quantitative estimate of drug-likeness (QED) is 0.662. The molecule has 0 aromatic heterocycles.